The molecule has 1 heterocycles. The molecular weight excluding hydrogens is 301 g/mol. The highest BCUT2D eigenvalue weighted by Gasteiger charge is 2.26. The summed E-state index contributed by atoms with van der Waals surface area (Å²) in [7, 11) is 0. The maximum atomic E-state index is 12.2. The maximum absolute atomic E-state index is 12.2. The summed E-state index contributed by atoms with van der Waals surface area (Å²) < 4.78 is 46.5. The quantitative estimate of drug-likeness (QED) is 0.333. The first-order valence-electron chi connectivity index (χ1n) is 6.50. The van der Waals surface area contributed by atoms with Gasteiger partial charge in [0.15, 0.2) is 12.0 Å². The van der Waals surface area contributed by atoms with Gasteiger partial charge in [0.25, 0.3) is 0 Å². The molecule has 1 aromatic rings. The van der Waals surface area contributed by atoms with Gasteiger partial charge in [0.2, 0.25) is 0 Å². The molecule has 4 nitrogen and oxygen atoms in total. The van der Waals surface area contributed by atoms with E-state index in [0.717, 1.165) is 6.08 Å². The summed E-state index contributed by atoms with van der Waals surface area (Å²) in [6, 6.07) is 3.04. The molecule has 0 bridgehead atoms. The Hall–Kier alpha value is -2.31. The van der Waals surface area contributed by atoms with E-state index in [-0.39, 0.29) is 24.4 Å². The van der Waals surface area contributed by atoms with Gasteiger partial charge in [-0.1, -0.05) is 18.2 Å². The molecule has 0 fully saturated rings. The van der Waals surface area contributed by atoms with E-state index < -0.39 is 18.6 Å². The smallest absolute Gasteiger partial charge is 0.392 e. The number of halogens is 3. The fourth-order valence-corrected chi connectivity index (χ4v) is 1.53. The summed E-state index contributed by atoms with van der Waals surface area (Å²) in [4.78, 5) is 22.0. The number of rotatable bonds is 7. The van der Waals surface area contributed by atoms with E-state index in [0.29, 0.717) is 12.0 Å². The number of aldehydes is 1. The molecule has 7 heteroatoms. The van der Waals surface area contributed by atoms with Gasteiger partial charge < -0.3 is 9.15 Å². The second kappa shape index (κ2) is 8.21. The maximum Gasteiger partial charge on any atom is 0.392 e. The van der Waals surface area contributed by atoms with Gasteiger partial charge in [-0.3, -0.25) is 4.79 Å². The number of hydrogen-bond donors (Lipinski definition) is 0. The van der Waals surface area contributed by atoms with Crippen LogP contribution in [-0.4, -0.2) is 25.0 Å². The molecule has 0 spiro atoms. The van der Waals surface area contributed by atoms with Gasteiger partial charge in [-0.25, -0.2) is 4.79 Å². The third kappa shape index (κ3) is 6.43. The highest BCUT2D eigenvalue weighted by molar-refractivity contribution is 5.91. The average Bonchev–Trinajstić information content (AvgIpc) is 2.89. The van der Waals surface area contributed by atoms with E-state index in [2.05, 4.69) is 0 Å². The van der Waals surface area contributed by atoms with Crippen molar-refractivity contribution in [1.29, 1.82) is 0 Å². The van der Waals surface area contributed by atoms with Gasteiger partial charge >= 0.3 is 12.1 Å². The Labute approximate surface area is 125 Å². The minimum atomic E-state index is -4.40. The van der Waals surface area contributed by atoms with Crippen molar-refractivity contribution in [3.05, 3.63) is 47.5 Å². The number of esters is 1. The fourth-order valence-electron chi connectivity index (χ4n) is 1.53. The first-order valence-corrected chi connectivity index (χ1v) is 6.50. The van der Waals surface area contributed by atoms with Gasteiger partial charge in [0.05, 0.1) is 18.6 Å². The molecular formula is C15H15F3O4. The monoisotopic (exact) mass is 316 g/mol. The molecule has 0 aliphatic heterocycles. The van der Waals surface area contributed by atoms with Gasteiger partial charge in [-0.2, -0.15) is 13.2 Å². The molecule has 0 saturated carbocycles. The van der Waals surface area contributed by atoms with Crippen LogP contribution in [0.15, 0.2) is 40.4 Å². The van der Waals surface area contributed by atoms with E-state index in [4.69, 9.17) is 9.15 Å². The van der Waals surface area contributed by atoms with Crippen LogP contribution in [0.1, 0.15) is 29.7 Å². The Balaban J connectivity index is 2.76. The molecule has 1 aromatic heterocycles. The fraction of sp³-hybridized carbons (Fsp3) is 0.333. The lowest BCUT2D eigenvalue weighted by molar-refractivity contribution is -0.138. The van der Waals surface area contributed by atoms with Gasteiger partial charge in [-0.05, 0) is 19.1 Å². The molecule has 0 aliphatic carbocycles. The van der Waals surface area contributed by atoms with E-state index in [9.17, 15) is 22.8 Å². The van der Waals surface area contributed by atoms with Crippen LogP contribution in [0.3, 0.4) is 0 Å². The third-order valence-corrected chi connectivity index (χ3v) is 2.48. The lowest BCUT2D eigenvalue weighted by Gasteiger charge is -2.05. The van der Waals surface area contributed by atoms with Crippen molar-refractivity contribution in [2.45, 2.75) is 25.9 Å². The van der Waals surface area contributed by atoms with Crippen molar-refractivity contribution in [3.8, 4) is 0 Å². The number of carbonyl (C=O) groups excluding carboxylic acids is 2. The minimum Gasteiger partial charge on any atom is -0.462 e. The predicted molar refractivity (Wildman–Crippen MR) is 72.3 cm³/mol. The Kier molecular flexibility index (Phi) is 6.62. The van der Waals surface area contributed by atoms with E-state index in [1.807, 2.05) is 0 Å². The molecule has 0 N–H and O–H groups in total. The average molecular weight is 316 g/mol. The Morgan fingerprint density at radius 2 is 2.09 bits per heavy atom. The van der Waals surface area contributed by atoms with Gasteiger partial charge in [0.1, 0.15) is 5.76 Å². The van der Waals surface area contributed by atoms with Crippen LogP contribution >= 0.6 is 0 Å². The standard InChI is InChI=1S/C15H15F3O4/c1-2-21-14(20)11(8-9-15(16,17)18)4-3-5-12-6-7-13(10-19)22-12/h3-4,6-8,10H,2,5,9H2,1H3/b4-3-,11-8+. The Morgan fingerprint density at radius 1 is 1.36 bits per heavy atom. The number of hydrogen-bond acceptors (Lipinski definition) is 4. The predicted octanol–water partition coefficient (Wildman–Crippen LogP) is 3.63. The van der Waals surface area contributed by atoms with Crippen LogP contribution in [-0.2, 0) is 16.0 Å². The Morgan fingerprint density at radius 3 is 2.64 bits per heavy atom. The zero-order valence-corrected chi connectivity index (χ0v) is 11.9. The summed E-state index contributed by atoms with van der Waals surface area (Å²) in [5.41, 5.74) is -0.179. The SMILES string of the molecule is CCOC(=O)C(/C=C\Cc1ccc(C=O)o1)=C/CC(F)(F)F. The summed E-state index contributed by atoms with van der Waals surface area (Å²) in [5.74, 6) is -0.213. The van der Waals surface area contributed by atoms with Gasteiger partial charge in [0, 0.05) is 6.42 Å². The van der Waals surface area contributed by atoms with Crippen molar-refractivity contribution in [2.24, 2.45) is 0 Å². The van der Waals surface area contributed by atoms with E-state index >= 15 is 0 Å². The number of carbonyl (C=O) groups is 2. The molecule has 0 saturated heterocycles. The lowest BCUT2D eigenvalue weighted by Crippen LogP contribution is -2.09. The van der Waals surface area contributed by atoms with Crippen LogP contribution < -0.4 is 0 Å². The third-order valence-electron chi connectivity index (χ3n) is 2.48. The highest BCUT2D eigenvalue weighted by atomic mass is 19.4. The van der Waals surface area contributed by atoms with E-state index in [1.54, 1.807) is 13.0 Å². The second-order valence-corrected chi connectivity index (χ2v) is 4.23. The molecule has 1 rings (SSSR count). The molecule has 120 valence electrons. The number of ether oxygens (including phenoxy) is 1. The Bertz CT molecular complexity index is 568. The summed E-state index contributed by atoms with van der Waals surface area (Å²) in [5, 5.41) is 0. The zero-order chi connectivity index (χ0) is 16.6. The largest absolute Gasteiger partial charge is 0.462 e. The summed E-state index contributed by atoms with van der Waals surface area (Å²) in [6.45, 7) is 1.63. The van der Waals surface area contributed by atoms with Crippen LogP contribution in [0.2, 0.25) is 0 Å². The van der Waals surface area contributed by atoms with Crippen LogP contribution in [0.4, 0.5) is 13.2 Å². The highest BCUT2D eigenvalue weighted by Crippen LogP contribution is 2.21. The zero-order valence-electron chi connectivity index (χ0n) is 11.9. The number of alkyl halides is 3. The molecule has 0 aromatic carbocycles. The first kappa shape index (κ1) is 17.7. The topological polar surface area (TPSA) is 56.5 Å². The lowest BCUT2D eigenvalue weighted by atomic mass is 10.1. The normalized spacial score (nSPS) is 12.6. The summed E-state index contributed by atoms with van der Waals surface area (Å²) >= 11 is 0. The number of allylic oxidation sites excluding steroid dienone is 2. The summed E-state index contributed by atoms with van der Waals surface area (Å²) in [6.07, 6.45) is -1.36. The minimum absolute atomic E-state index is 0.0664. The van der Waals surface area contributed by atoms with Crippen molar-refractivity contribution in [2.75, 3.05) is 6.61 Å². The van der Waals surface area contributed by atoms with Crippen LogP contribution in [0.25, 0.3) is 0 Å². The molecule has 0 unspecified atom stereocenters. The molecule has 0 atom stereocenters. The van der Waals surface area contributed by atoms with E-state index in [1.165, 1.54) is 18.2 Å². The van der Waals surface area contributed by atoms with Crippen molar-refractivity contribution < 1.29 is 31.9 Å². The van der Waals surface area contributed by atoms with Crippen molar-refractivity contribution in [3.63, 3.8) is 0 Å². The van der Waals surface area contributed by atoms with Crippen molar-refractivity contribution in [1.82, 2.24) is 0 Å². The first-order chi connectivity index (χ1) is 10.4. The molecule has 0 radical (unpaired) electrons. The molecule has 0 aliphatic rings. The van der Waals surface area contributed by atoms with Gasteiger partial charge in [-0.15, -0.1) is 0 Å². The van der Waals surface area contributed by atoms with Crippen LogP contribution in [0, 0.1) is 0 Å². The van der Waals surface area contributed by atoms with Crippen LogP contribution in [0.5, 0.6) is 0 Å². The molecule has 0 amide bonds. The molecule has 22 heavy (non-hydrogen) atoms. The number of furan rings is 1. The van der Waals surface area contributed by atoms with Crippen molar-refractivity contribution >= 4 is 12.3 Å². The second-order valence-electron chi connectivity index (χ2n) is 4.23.